The standard InChI is InChI=1S/C23H28N6O2/c1-31-23(30)28-13-3-4-18(28)14-25-21-10-11-22-26-15-20(29(22)27-21)17-8-6-16(7-9-17)19-5-2-12-24-19/h6-11,15,18-19,24H,2-5,12-14H2,1H3,(H,25,27)/t18-,19-/m0/s1. The van der Waals surface area contributed by atoms with E-state index in [2.05, 4.69) is 39.9 Å². The smallest absolute Gasteiger partial charge is 0.409 e. The van der Waals surface area contributed by atoms with Gasteiger partial charge in [-0.15, -0.1) is 5.10 Å². The fraction of sp³-hybridized carbons (Fsp3) is 0.435. The molecule has 8 heteroatoms. The van der Waals surface area contributed by atoms with Crippen LogP contribution in [0.25, 0.3) is 16.9 Å². The molecule has 2 saturated heterocycles. The van der Waals surface area contributed by atoms with Crippen molar-refractivity contribution >= 4 is 17.6 Å². The normalized spacial score (nSPS) is 21.0. The van der Waals surface area contributed by atoms with Crippen LogP contribution >= 0.6 is 0 Å². The summed E-state index contributed by atoms with van der Waals surface area (Å²) in [5, 5.41) is 11.7. The second-order valence-corrected chi connectivity index (χ2v) is 8.24. The minimum Gasteiger partial charge on any atom is -0.453 e. The van der Waals surface area contributed by atoms with Crippen molar-refractivity contribution in [3.05, 3.63) is 48.2 Å². The molecular formula is C23H28N6O2. The number of aromatic nitrogens is 3. The first-order valence-electron chi connectivity index (χ1n) is 11.0. The van der Waals surface area contributed by atoms with Gasteiger partial charge in [-0.1, -0.05) is 24.3 Å². The summed E-state index contributed by atoms with van der Waals surface area (Å²) in [4.78, 5) is 18.2. The van der Waals surface area contributed by atoms with Gasteiger partial charge in [0.15, 0.2) is 5.65 Å². The van der Waals surface area contributed by atoms with Gasteiger partial charge in [0.05, 0.1) is 25.0 Å². The van der Waals surface area contributed by atoms with Gasteiger partial charge in [-0.05, 0) is 49.9 Å². The molecule has 1 amide bonds. The van der Waals surface area contributed by atoms with Crippen LogP contribution in [0.15, 0.2) is 42.6 Å². The van der Waals surface area contributed by atoms with Crippen molar-refractivity contribution in [2.75, 3.05) is 32.1 Å². The van der Waals surface area contributed by atoms with Crippen molar-refractivity contribution in [1.29, 1.82) is 0 Å². The third-order valence-corrected chi connectivity index (χ3v) is 6.34. The number of methoxy groups -OCH3 is 1. The second-order valence-electron chi connectivity index (χ2n) is 8.24. The topological polar surface area (TPSA) is 83.8 Å². The number of carbonyl (C=O) groups excluding carboxylic acids is 1. The quantitative estimate of drug-likeness (QED) is 0.658. The number of hydrogen-bond donors (Lipinski definition) is 2. The largest absolute Gasteiger partial charge is 0.453 e. The predicted molar refractivity (Wildman–Crippen MR) is 119 cm³/mol. The SMILES string of the molecule is COC(=O)N1CCC[C@H]1CNc1ccc2ncc(-c3ccc([C@@H]4CCCN4)cc3)n2n1. The lowest BCUT2D eigenvalue weighted by atomic mass is 10.0. The fourth-order valence-electron chi connectivity index (χ4n) is 4.65. The highest BCUT2D eigenvalue weighted by atomic mass is 16.5. The summed E-state index contributed by atoms with van der Waals surface area (Å²) in [5.74, 6) is 0.759. The summed E-state index contributed by atoms with van der Waals surface area (Å²) in [5.41, 5.74) is 4.18. The maximum atomic E-state index is 11.9. The number of nitrogens with zero attached hydrogens (tertiary/aromatic N) is 4. The van der Waals surface area contributed by atoms with Crippen molar-refractivity contribution in [2.45, 2.75) is 37.8 Å². The van der Waals surface area contributed by atoms with Crippen LogP contribution in [0, 0.1) is 0 Å². The number of imidazole rings is 1. The molecule has 0 saturated carbocycles. The average Bonchev–Trinajstić information content (AvgIpc) is 3.58. The summed E-state index contributed by atoms with van der Waals surface area (Å²) in [6, 6.07) is 13.2. The van der Waals surface area contributed by atoms with E-state index >= 15 is 0 Å². The van der Waals surface area contributed by atoms with Crippen LogP contribution in [0.4, 0.5) is 10.6 Å². The molecule has 2 N–H and O–H groups in total. The zero-order chi connectivity index (χ0) is 21.2. The summed E-state index contributed by atoms with van der Waals surface area (Å²) >= 11 is 0. The van der Waals surface area contributed by atoms with Crippen LogP contribution in [0.2, 0.25) is 0 Å². The molecule has 162 valence electrons. The number of ether oxygens (including phenoxy) is 1. The van der Waals surface area contributed by atoms with E-state index < -0.39 is 0 Å². The number of fused-ring (bicyclic) bond motifs is 1. The highest BCUT2D eigenvalue weighted by Gasteiger charge is 2.29. The molecule has 2 fully saturated rings. The number of anilines is 1. The zero-order valence-corrected chi connectivity index (χ0v) is 17.8. The Morgan fingerprint density at radius 3 is 2.84 bits per heavy atom. The molecule has 2 aliphatic heterocycles. The number of nitrogens with one attached hydrogen (secondary N) is 2. The van der Waals surface area contributed by atoms with E-state index in [1.807, 2.05) is 22.8 Å². The maximum Gasteiger partial charge on any atom is 0.409 e. The van der Waals surface area contributed by atoms with Crippen LogP contribution in [0.1, 0.15) is 37.3 Å². The predicted octanol–water partition coefficient (Wildman–Crippen LogP) is 3.46. The molecule has 4 heterocycles. The van der Waals surface area contributed by atoms with E-state index in [4.69, 9.17) is 9.84 Å². The number of hydrogen-bond acceptors (Lipinski definition) is 6. The van der Waals surface area contributed by atoms with Crippen LogP contribution in [0.5, 0.6) is 0 Å². The minimum atomic E-state index is -0.263. The molecule has 5 rings (SSSR count). The van der Waals surface area contributed by atoms with Crippen molar-refractivity contribution in [1.82, 2.24) is 24.8 Å². The maximum absolute atomic E-state index is 11.9. The Kier molecular flexibility index (Phi) is 5.46. The Labute approximate surface area is 181 Å². The van der Waals surface area contributed by atoms with Gasteiger partial charge in [0.25, 0.3) is 0 Å². The minimum absolute atomic E-state index is 0.115. The summed E-state index contributed by atoms with van der Waals surface area (Å²) in [6.07, 6.45) is 5.98. The molecule has 8 nitrogen and oxygen atoms in total. The molecule has 0 radical (unpaired) electrons. The molecule has 1 aromatic carbocycles. The summed E-state index contributed by atoms with van der Waals surface area (Å²) in [7, 11) is 1.43. The Balaban J connectivity index is 1.33. The zero-order valence-electron chi connectivity index (χ0n) is 17.8. The Hall–Kier alpha value is -3.13. The number of rotatable bonds is 5. The summed E-state index contributed by atoms with van der Waals surface area (Å²) in [6.45, 7) is 2.47. The van der Waals surface area contributed by atoms with Crippen molar-refractivity contribution in [3.8, 4) is 11.3 Å². The van der Waals surface area contributed by atoms with Gasteiger partial charge in [0.1, 0.15) is 5.82 Å². The molecule has 2 aliphatic rings. The molecule has 31 heavy (non-hydrogen) atoms. The first kappa shape index (κ1) is 19.8. The molecule has 0 unspecified atom stereocenters. The van der Waals surface area contributed by atoms with E-state index in [1.165, 1.54) is 25.5 Å². The molecular weight excluding hydrogens is 392 g/mol. The van der Waals surface area contributed by atoms with Gasteiger partial charge in [-0.3, -0.25) is 0 Å². The summed E-state index contributed by atoms with van der Waals surface area (Å²) < 4.78 is 6.77. The lowest BCUT2D eigenvalue weighted by Gasteiger charge is -2.23. The van der Waals surface area contributed by atoms with Crippen LogP contribution in [-0.2, 0) is 4.74 Å². The van der Waals surface area contributed by atoms with E-state index in [0.29, 0.717) is 12.6 Å². The highest BCUT2D eigenvalue weighted by Crippen LogP contribution is 2.27. The lowest BCUT2D eigenvalue weighted by molar-refractivity contribution is 0.120. The molecule has 0 bridgehead atoms. The highest BCUT2D eigenvalue weighted by molar-refractivity contribution is 5.68. The van der Waals surface area contributed by atoms with Crippen molar-refractivity contribution < 1.29 is 9.53 Å². The number of likely N-dealkylation sites (tertiary alicyclic amines) is 1. The first-order valence-corrected chi connectivity index (χ1v) is 11.0. The van der Waals surface area contributed by atoms with E-state index in [-0.39, 0.29) is 12.1 Å². The van der Waals surface area contributed by atoms with Gasteiger partial charge in [-0.2, -0.15) is 0 Å². The Morgan fingerprint density at radius 1 is 1.19 bits per heavy atom. The van der Waals surface area contributed by atoms with Crippen LogP contribution < -0.4 is 10.6 Å². The molecule has 3 aromatic rings. The monoisotopic (exact) mass is 420 g/mol. The average molecular weight is 421 g/mol. The lowest BCUT2D eigenvalue weighted by Crippen LogP contribution is -2.39. The number of carbonyl (C=O) groups is 1. The Morgan fingerprint density at radius 2 is 2.06 bits per heavy atom. The third-order valence-electron chi connectivity index (χ3n) is 6.34. The first-order chi connectivity index (χ1) is 15.2. The van der Waals surface area contributed by atoms with Gasteiger partial charge >= 0.3 is 6.09 Å². The van der Waals surface area contributed by atoms with Crippen LogP contribution in [0.3, 0.4) is 0 Å². The Bertz CT molecular complexity index is 1060. The molecule has 0 aliphatic carbocycles. The van der Waals surface area contributed by atoms with Crippen molar-refractivity contribution in [2.24, 2.45) is 0 Å². The molecule has 2 aromatic heterocycles. The van der Waals surface area contributed by atoms with Gasteiger partial charge < -0.3 is 20.3 Å². The van der Waals surface area contributed by atoms with Gasteiger partial charge in [0.2, 0.25) is 0 Å². The molecule has 0 spiro atoms. The van der Waals surface area contributed by atoms with Gasteiger partial charge in [0, 0.05) is 24.7 Å². The third kappa shape index (κ3) is 3.95. The number of benzene rings is 1. The fourth-order valence-corrected chi connectivity index (χ4v) is 4.65. The second kappa shape index (κ2) is 8.55. The van der Waals surface area contributed by atoms with Crippen LogP contribution in [-0.4, -0.2) is 58.4 Å². The molecule has 2 atom stereocenters. The van der Waals surface area contributed by atoms with Crippen molar-refractivity contribution in [3.63, 3.8) is 0 Å². The van der Waals surface area contributed by atoms with E-state index in [1.54, 1.807) is 4.90 Å². The van der Waals surface area contributed by atoms with E-state index in [9.17, 15) is 4.79 Å². The van der Waals surface area contributed by atoms with Gasteiger partial charge in [-0.25, -0.2) is 14.3 Å². The van der Waals surface area contributed by atoms with E-state index in [0.717, 1.165) is 48.7 Å². The number of amides is 1.